The second kappa shape index (κ2) is 10.1. The van der Waals surface area contributed by atoms with Crippen molar-refractivity contribution in [3.8, 4) is 11.3 Å². The van der Waals surface area contributed by atoms with Crippen molar-refractivity contribution in [2.24, 2.45) is 11.3 Å². The number of carboxylic acids is 1. The third kappa shape index (κ3) is 6.01. The molecule has 1 unspecified atom stereocenters. The first kappa shape index (κ1) is 24.9. The van der Waals surface area contributed by atoms with Gasteiger partial charge in [-0.05, 0) is 42.7 Å². The minimum absolute atomic E-state index is 0.0142. The number of ketones is 1. The molecule has 5 nitrogen and oxygen atoms in total. The maximum Gasteiger partial charge on any atom is 0.326 e. The molecular formula is C28H37NO4. The smallest absolute Gasteiger partial charge is 0.326 e. The van der Waals surface area contributed by atoms with E-state index in [1.807, 2.05) is 58.9 Å². The molecule has 2 aromatic rings. The van der Waals surface area contributed by atoms with Crippen LogP contribution in [0.1, 0.15) is 93.2 Å². The topological polar surface area (TPSA) is 76.4 Å². The molecule has 1 aliphatic rings. The summed E-state index contributed by atoms with van der Waals surface area (Å²) in [6.07, 6.45) is 6.39. The highest BCUT2D eigenvalue weighted by molar-refractivity contribution is 5.99. The highest BCUT2D eigenvalue weighted by Crippen LogP contribution is 2.34. The summed E-state index contributed by atoms with van der Waals surface area (Å²) in [5.74, 6) is -0.690. The van der Waals surface area contributed by atoms with Crippen molar-refractivity contribution in [1.29, 1.82) is 0 Å². The Morgan fingerprint density at radius 1 is 1.06 bits per heavy atom. The number of nitrogens with zero attached hydrogens (tertiary/aromatic N) is 1. The predicted molar refractivity (Wildman–Crippen MR) is 132 cm³/mol. The van der Waals surface area contributed by atoms with E-state index in [9.17, 15) is 19.5 Å². The highest BCUT2D eigenvalue weighted by Gasteiger charge is 2.31. The van der Waals surface area contributed by atoms with Crippen LogP contribution in [0.4, 0.5) is 0 Å². The van der Waals surface area contributed by atoms with Crippen LogP contribution in [0.3, 0.4) is 0 Å². The maximum atomic E-state index is 13.4. The minimum atomic E-state index is -1.04. The van der Waals surface area contributed by atoms with Gasteiger partial charge in [-0.15, -0.1) is 0 Å². The number of carbonyl (C=O) groups excluding carboxylic acids is 1. The molecule has 0 saturated heterocycles. The molecular weight excluding hydrogens is 414 g/mol. The standard InChI is InChI=1S/C28H37NO4/c1-18-11-13-21(14-12-18)26-19(2)22(24(30)15-20-9-7-6-8-10-20)16-25(31)29(26)23(27(32)33)17-28(3,4)5/h11-14,16,20,23H,6-10,15,17H2,1-5H3,(H,32,33). The first-order valence-electron chi connectivity index (χ1n) is 12.1. The zero-order chi connectivity index (χ0) is 24.3. The fourth-order valence-electron chi connectivity index (χ4n) is 5.02. The number of benzene rings is 1. The van der Waals surface area contributed by atoms with Crippen LogP contribution in [-0.2, 0) is 4.79 Å². The highest BCUT2D eigenvalue weighted by atomic mass is 16.4. The number of aliphatic carboxylic acids is 1. The van der Waals surface area contributed by atoms with Gasteiger partial charge in [-0.1, -0.05) is 82.7 Å². The van der Waals surface area contributed by atoms with Crippen molar-refractivity contribution in [3.05, 3.63) is 57.4 Å². The number of aromatic nitrogens is 1. The number of carboxylic acid groups (broad SMARTS) is 1. The van der Waals surface area contributed by atoms with Gasteiger partial charge in [-0.25, -0.2) is 4.79 Å². The van der Waals surface area contributed by atoms with E-state index in [4.69, 9.17) is 0 Å². The molecule has 33 heavy (non-hydrogen) atoms. The van der Waals surface area contributed by atoms with E-state index in [0.29, 0.717) is 35.6 Å². The molecule has 1 aromatic carbocycles. The minimum Gasteiger partial charge on any atom is -0.480 e. The van der Waals surface area contributed by atoms with Crippen LogP contribution in [0.2, 0.25) is 0 Å². The lowest BCUT2D eigenvalue weighted by Crippen LogP contribution is -2.35. The Kier molecular flexibility index (Phi) is 7.61. The molecule has 0 amide bonds. The van der Waals surface area contributed by atoms with E-state index in [1.165, 1.54) is 17.1 Å². The average molecular weight is 452 g/mol. The van der Waals surface area contributed by atoms with E-state index in [-0.39, 0.29) is 11.2 Å². The van der Waals surface area contributed by atoms with Gasteiger partial charge in [0, 0.05) is 18.1 Å². The molecule has 3 rings (SSSR count). The van der Waals surface area contributed by atoms with Crippen molar-refractivity contribution in [1.82, 2.24) is 4.57 Å². The summed E-state index contributed by atoms with van der Waals surface area (Å²) in [5, 5.41) is 10.1. The largest absolute Gasteiger partial charge is 0.480 e. The Bertz CT molecular complexity index is 1070. The van der Waals surface area contributed by atoms with Crippen LogP contribution in [-0.4, -0.2) is 21.4 Å². The molecule has 1 saturated carbocycles. The number of rotatable bonds is 7. The molecule has 1 N–H and O–H groups in total. The second-order valence-electron chi connectivity index (χ2n) is 10.9. The Balaban J connectivity index is 2.17. The Morgan fingerprint density at radius 2 is 1.67 bits per heavy atom. The monoisotopic (exact) mass is 451 g/mol. The maximum absolute atomic E-state index is 13.4. The molecule has 0 bridgehead atoms. The van der Waals surface area contributed by atoms with E-state index in [0.717, 1.165) is 36.8 Å². The normalized spacial score (nSPS) is 15.9. The van der Waals surface area contributed by atoms with Gasteiger partial charge in [-0.3, -0.25) is 14.2 Å². The molecule has 5 heteroatoms. The number of hydrogen-bond acceptors (Lipinski definition) is 3. The molecule has 1 aliphatic carbocycles. The fraction of sp³-hybridized carbons (Fsp3) is 0.536. The van der Waals surface area contributed by atoms with Gasteiger partial charge in [0.1, 0.15) is 6.04 Å². The molecule has 1 aromatic heterocycles. The molecule has 1 heterocycles. The van der Waals surface area contributed by atoms with Crippen LogP contribution in [0.5, 0.6) is 0 Å². The zero-order valence-electron chi connectivity index (χ0n) is 20.6. The number of carbonyl (C=O) groups is 2. The van der Waals surface area contributed by atoms with Crippen LogP contribution in [0, 0.1) is 25.2 Å². The van der Waals surface area contributed by atoms with Crippen molar-refractivity contribution in [3.63, 3.8) is 0 Å². The number of pyridine rings is 1. The van der Waals surface area contributed by atoms with E-state index >= 15 is 0 Å². The summed E-state index contributed by atoms with van der Waals surface area (Å²) in [5.41, 5.74) is 2.74. The van der Waals surface area contributed by atoms with Crippen molar-refractivity contribution >= 4 is 11.8 Å². The van der Waals surface area contributed by atoms with E-state index in [2.05, 4.69) is 0 Å². The fourth-order valence-corrected chi connectivity index (χ4v) is 5.02. The summed E-state index contributed by atoms with van der Waals surface area (Å²) >= 11 is 0. The Hall–Kier alpha value is -2.69. The molecule has 0 radical (unpaired) electrons. The zero-order valence-corrected chi connectivity index (χ0v) is 20.6. The molecule has 1 fully saturated rings. The summed E-state index contributed by atoms with van der Waals surface area (Å²) < 4.78 is 1.39. The van der Waals surface area contributed by atoms with Crippen molar-refractivity contribution in [2.75, 3.05) is 0 Å². The van der Waals surface area contributed by atoms with Crippen LogP contribution >= 0.6 is 0 Å². The number of Topliss-reactive ketones (excluding diaryl/α,β-unsaturated/α-hetero) is 1. The lowest BCUT2D eigenvalue weighted by molar-refractivity contribution is -0.141. The van der Waals surface area contributed by atoms with Crippen LogP contribution in [0.25, 0.3) is 11.3 Å². The lowest BCUT2D eigenvalue weighted by atomic mass is 9.83. The third-order valence-electron chi connectivity index (χ3n) is 6.73. The number of hydrogen-bond donors (Lipinski definition) is 1. The second-order valence-corrected chi connectivity index (χ2v) is 10.9. The third-order valence-corrected chi connectivity index (χ3v) is 6.73. The Morgan fingerprint density at radius 3 is 2.21 bits per heavy atom. The molecule has 0 spiro atoms. The van der Waals surface area contributed by atoms with Gasteiger partial charge in [0.15, 0.2) is 5.78 Å². The SMILES string of the molecule is Cc1ccc(-c2c(C)c(C(=O)CC3CCCCC3)cc(=O)n2C(CC(C)(C)C)C(=O)O)cc1. The lowest BCUT2D eigenvalue weighted by Gasteiger charge is -2.28. The predicted octanol–water partition coefficient (Wildman–Crippen LogP) is 6.35. The van der Waals surface area contributed by atoms with Crippen LogP contribution < -0.4 is 5.56 Å². The summed E-state index contributed by atoms with van der Waals surface area (Å²) in [6, 6.07) is 8.05. The van der Waals surface area contributed by atoms with E-state index < -0.39 is 17.6 Å². The first-order valence-corrected chi connectivity index (χ1v) is 12.1. The molecule has 178 valence electrons. The summed E-state index contributed by atoms with van der Waals surface area (Å²) in [6.45, 7) is 9.72. The summed E-state index contributed by atoms with van der Waals surface area (Å²) in [7, 11) is 0. The summed E-state index contributed by atoms with van der Waals surface area (Å²) in [4.78, 5) is 39.1. The van der Waals surface area contributed by atoms with Crippen molar-refractivity contribution in [2.45, 2.75) is 85.6 Å². The van der Waals surface area contributed by atoms with Gasteiger partial charge >= 0.3 is 5.97 Å². The van der Waals surface area contributed by atoms with E-state index in [1.54, 1.807) is 0 Å². The number of aryl methyl sites for hydroxylation is 1. The van der Waals surface area contributed by atoms with Gasteiger partial charge in [0.2, 0.25) is 0 Å². The van der Waals surface area contributed by atoms with Crippen LogP contribution in [0.15, 0.2) is 35.1 Å². The van der Waals surface area contributed by atoms with Gasteiger partial charge in [0.25, 0.3) is 5.56 Å². The average Bonchev–Trinajstić information content (AvgIpc) is 2.74. The van der Waals surface area contributed by atoms with Gasteiger partial charge in [0.05, 0.1) is 5.69 Å². The Labute approximate surface area is 196 Å². The first-order chi connectivity index (χ1) is 15.5. The van der Waals surface area contributed by atoms with Gasteiger partial charge < -0.3 is 5.11 Å². The van der Waals surface area contributed by atoms with Crippen molar-refractivity contribution < 1.29 is 14.7 Å². The quantitative estimate of drug-likeness (QED) is 0.498. The molecule has 0 aliphatic heterocycles. The molecule has 1 atom stereocenters. The van der Waals surface area contributed by atoms with Gasteiger partial charge in [-0.2, -0.15) is 0 Å².